The number of carbonyl (C=O) groups excluding carboxylic acids is 1. The number of benzene rings is 2. The monoisotopic (exact) mass is 784 g/mol. The number of nitrogens with zero attached hydrogens (tertiary/aromatic N) is 4. The molecule has 4 aliphatic heterocycles. The van der Waals surface area contributed by atoms with E-state index < -0.39 is 29.5 Å². The number of H-pyrrole nitrogens is 1. The fourth-order valence-electron chi connectivity index (χ4n) is 9.43. The second kappa shape index (κ2) is 18.0. The van der Waals surface area contributed by atoms with E-state index in [9.17, 15) is 18.4 Å². The van der Waals surface area contributed by atoms with E-state index in [2.05, 4.69) is 44.9 Å². The zero-order valence-electron chi connectivity index (χ0n) is 33.3. The van der Waals surface area contributed by atoms with Gasteiger partial charge in [0.15, 0.2) is 5.82 Å². The molecule has 8 rings (SSSR count). The van der Waals surface area contributed by atoms with Gasteiger partial charge in [0.1, 0.15) is 29.3 Å². The number of terminal acetylenes is 1. The molecule has 0 radical (unpaired) electrons. The maximum atomic E-state index is 16.5. The normalized spacial score (nSPS) is 22.7. The van der Waals surface area contributed by atoms with Crippen LogP contribution in [0.3, 0.4) is 0 Å². The number of aromatic amines is 1. The summed E-state index contributed by atoms with van der Waals surface area (Å²) < 4.78 is 50.0. The minimum absolute atomic E-state index is 0.0598. The maximum Gasteiger partial charge on any atom is 0.347 e. The van der Waals surface area contributed by atoms with E-state index in [0.717, 1.165) is 45.1 Å². The number of rotatable bonds is 13. The lowest BCUT2D eigenvalue weighted by molar-refractivity contribution is -0.134. The highest BCUT2D eigenvalue weighted by Gasteiger charge is 2.44. The average molecular weight is 785 g/mol. The number of hydrogen-bond donors (Lipinski definition) is 2. The molecule has 304 valence electrons. The molecule has 4 fully saturated rings. The van der Waals surface area contributed by atoms with Crippen LogP contribution in [0.1, 0.15) is 116 Å². The van der Waals surface area contributed by atoms with E-state index in [1.165, 1.54) is 69.3 Å². The first-order valence-corrected chi connectivity index (χ1v) is 21.0. The Kier molecular flexibility index (Phi) is 12.8. The predicted octanol–water partition coefficient (Wildman–Crippen LogP) is 8.75. The lowest BCUT2D eigenvalue weighted by atomic mass is 9.95. The predicted molar refractivity (Wildman–Crippen MR) is 219 cm³/mol. The largest absolute Gasteiger partial charge is 0.426 e. The Morgan fingerprint density at radius 1 is 1.04 bits per heavy atom. The van der Waals surface area contributed by atoms with E-state index in [0.29, 0.717) is 42.6 Å². The van der Waals surface area contributed by atoms with Crippen LogP contribution in [0.4, 0.5) is 19.0 Å². The lowest BCUT2D eigenvalue weighted by Crippen LogP contribution is -2.51. The van der Waals surface area contributed by atoms with Crippen molar-refractivity contribution in [2.24, 2.45) is 0 Å². The van der Waals surface area contributed by atoms with Crippen molar-refractivity contribution < 1.29 is 22.7 Å². The van der Waals surface area contributed by atoms with Crippen molar-refractivity contribution in [1.82, 2.24) is 25.2 Å². The van der Waals surface area contributed by atoms with Crippen LogP contribution in [0, 0.1) is 24.0 Å². The van der Waals surface area contributed by atoms with Gasteiger partial charge in [0.2, 0.25) is 0 Å². The van der Waals surface area contributed by atoms with Crippen LogP contribution in [-0.2, 0) is 4.79 Å². The summed E-state index contributed by atoms with van der Waals surface area (Å²) >= 11 is 0. The molecule has 12 heteroatoms. The third kappa shape index (κ3) is 9.15. The van der Waals surface area contributed by atoms with Crippen LogP contribution < -0.4 is 20.6 Å². The summed E-state index contributed by atoms with van der Waals surface area (Å²) in [6.45, 7) is 7.51. The van der Waals surface area contributed by atoms with Gasteiger partial charge in [-0.15, -0.1) is 6.42 Å². The molecule has 4 aromatic rings. The smallest absolute Gasteiger partial charge is 0.347 e. The Hall–Kier alpha value is -4.47. The van der Waals surface area contributed by atoms with Crippen molar-refractivity contribution in [1.29, 1.82) is 0 Å². The standard InChI is InChI=1S/C37H41F2N5O3.C8H14FN/c1-3-5-6-7-8-9-10-11-12-13-31(45)47-26-18-23-14-17-30(38)27(4-2)32(23)28(19-26)34-33(39)35-29(20-40-34)36(43-37(46)42-35)44-21-24-15-16-25(22-44)41-24;1-8-3-2-4-10(8)6-7(9)5-8/h2,14,17-20,24-25,41H,3,5-13,15-16,21-22H2,1H3,(H,42,43,46);7H,2-6H2,1H3/t;7-,8+/m.1/s1. The molecule has 2 aromatic carbocycles. The Bertz CT molecular complexity index is 2180. The molecule has 0 amide bonds. The molecule has 57 heavy (non-hydrogen) atoms. The molecule has 9 nitrogen and oxygen atoms in total. The van der Waals surface area contributed by atoms with Crippen molar-refractivity contribution in [3.05, 3.63) is 58.1 Å². The van der Waals surface area contributed by atoms with Crippen LogP contribution in [0.5, 0.6) is 5.75 Å². The molecular weight excluding hydrogens is 730 g/mol. The summed E-state index contributed by atoms with van der Waals surface area (Å²) in [6, 6.07) is 6.34. The summed E-state index contributed by atoms with van der Waals surface area (Å²) in [5, 5.41) is 4.63. The Morgan fingerprint density at radius 2 is 1.75 bits per heavy atom. The van der Waals surface area contributed by atoms with E-state index in [1.807, 2.05) is 4.90 Å². The molecule has 4 aliphatic rings. The second-order valence-corrected chi connectivity index (χ2v) is 16.7. The van der Waals surface area contributed by atoms with Gasteiger partial charge < -0.3 is 19.9 Å². The van der Waals surface area contributed by atoms with Crippen LogP contribution in [0.15, 0.2) is 35.3 Å². The molecule has 2 aromatic heterocycles. The quantitative estimate of drug-likeness (QED) is 0.0601. The molecule has 2 N–H and O–H groups in total. The summed E-state index contributed by atoms with van der Waals surface area (Å²) in [5.41, 5.74) is -0.579. The number of aromatic nitrogens is 3. The average Bonchev–Trinajstić information content (AvgIpc) is 3.82. The first-order valence-electron chi connectivity index (χ1n) is 21.0. The maximum absolute atomic E-state index is 16.5. The Morgan fingerprint density at radius 3 is 2.46 bits per heavy atom. The molecule has 4 saturated heterocycles. The number of halogens is 3. The van der Waals surface area contributed by atoms with Gasteiger partial charge in [0.25, 0.3) is 0 Å². The highest BCUT2D eigenvalue weighted by Crippen LogP contribution is 2.40. The topological polar surface area (TPSA) is 103 Å². The SMILES string of the molecule is C#Cc1c(F)ccc2cc(OC(=O)CCCCCCCCCCC)cc(-c3ncc4c(N5CC6CCC(C5)N6)nc(=O)[nH]c4c3F)c12.C[C@@]12CCCN1C[C@H](F)C2. The number of anilines is 1. The van der Waals surface area contributed by atoms with Crippen molar-refractivity contribution in [3.8, 4) is 29.4 Å². The van der Waals surface area contributed by atoms with Crippen molar-refractivity contribution in [2.45, 2.75) is 134 Å². The minimum Gasteiger partial charge on any atom is -0.426 e. The van der Waals surface area contributed by atoms with Gasteiger partial charge in [-0.25, -0.2) is 18.0 Å². The summed E-state index contributed by atoms with van der Waals surface area (Å²) in [7, 11) is 0. The van der Waals surface area contributed by atoms with Gasteiger partial charge in [-0.1, -0.05) is 70.3 Å². The van der Waals surface area contributed by atoms with Crippen LogP contribution in [-0.4, -0.2) is 75.8 Å². The summed E-state index contributed by atoms with van der Waals surface area (Å²) in [6.07, 6.45) is 22.3. The number of alkyl halides is 1. The van der Waals surface area contributed by atoms with Crippen molar-refractivity contribution >= 4 is 33.5 Å². The molecule has 2 bridgehead atoms. The zero-order chi connectivity index (χ0) is 40.1. The number of carbonyl (C=O) groups is 1. The number of pyridine rings is 1. The lowest BCUT2D eigenvalue weighted by Gasteiger charge is -2.34. The van der Waals surface area contributed by atoms with E-state index >= 15 is 4.39 Å². The summed E-state index contributed by atoms with van der Waals surface area (Å²) in [4.78, 5) is 41.1. The van der Waals surface area contributed by atoms with Crippen LogP contribution in [0.25, 0.3) is 32.9 Å². The Balaban J connectivity index is 0.000000428. The number of ether oxygens (including phenoxy) is 1. The molecule has 0 aliphatic carbocycles. The van der Waals surface area contributed by atoms with Gasteiger partial charge in [0, 0.05) is 60.8 Å². The van der Waals surface area contributed by atoms with Gasteiger partial charge in [-0.05, 0) is 75.6 Å². The molecule has 6 heterocycles. The van der Waals surface area contributed by atoms with Gasteiger partial charge in [-0.3, -0.25) is 14.7 Å². The van der Waals surface area contributed by atoms with E-state index in [1.54, 1.807) is 6.07 Å². The van der Waals surface area contributed by atoms with Crippen molar-refractivity contribution in [2.75, 3.05) is 31.1 Å². The summed E-state index contributed by atoms with van der Waals surface area (Å²) in [5.74, 6) is 1.06. The van der Waals surface area contributed by atoms with Gasteiger partial charge >= 0.3 is 11.7 Å². The first kappa shape index (κ1) is 40.7. The molecular formula is C45H55F3N6O3. The fourth-order valence-corrected chi connectivity index (χ4v) is 9.43. The highest BCUT2D eigenvalue weighted by molar-refractivity contribution is 6.03. The Labute approximate surface area is 333 Å². The first-order chi connectivity index (χ1) is 27.6. The van der Waals surface area contributed by atoms with Gasteiger partial charge in [-0.2, -0.15) is 4.98 Å². The molecule has 4 atom stereocenters. The number of esters is 1. The fraction of sp³-hybridized carbons (Fsp3) is 0.556. The van der Waals surface area contributed by atoms with Crippen LogP contribution in [0.2, 0.25) is 0 Å². The number of hydrogen-bond acceptors (Lipinski definition) is 8. The van der Waals surface area contributed by atoms with Gasteiger partial charge in [0.05, 0.1) is 16.5 Å². The third-order valence-corrected chi connectivity index (χ3v) is 12.4. The molecule has 0 spiro atoms. The molecule has 0 saturated carbocycles. The highest BCUT2D eigenvalue weighted by atomic mass is 19.1. The third-order valence-electron chi connectivity index (χ3n) is 12.4. The number of piperazine rings is 1. The minimum atomic E-state index is -0.812. The number of unbranched alkanes of at least 4 members (excludes halogenated alkanes) is 8. The number of fused-ring (bicyclic) bond motifs is 5. The molecule has 2 unspecified atom stereocenters. The second-order valence-electron chi connectivity index (χ2n) is 16.7. The van der Waals surface area contributed by atoms with E-state index in [-0.39, 0.29) is 57.5 Å². The zero-order valence-corrected chi connectivity index (χ0v) is 33.3. The van der Waals surface area contributed by atoms with E-state index in [4.69, 9.17) is 11.2 Å². The number of nitrogens with one attached hydrogen (secondary N) is 2. The van der Waals surface area contributed by atoms with Crippen molar-refractivity contribution in [3.63, 3.8) is 0 Å². The van der Waals surface area contributed by atoms with Crippen LogP contribution >= 0.6 is 0 Å².